The summed E-state index contributed by atoms with van der Waals surface area (Å²) in [6.07, 6.45) is -1.68. The lowest BCUT2D eigenvalue weighted by Gasteiger charge is -2.50. The van der Waals surface area contributed by atoms with E-state index in [9.17, 15) is 27.9 Å². The van der Waals surface area contributed by atoms with Crippen molar-refractivity contribution in [3.8, 4) is 5.75 Å². The van der Waals surface area contributed by atoms with Gasteiger partial charge in [0, 0.05) is 36.3 Å². The Kier molecular flexibility index (Phi) is 9.26. The Morgan fingerprint density at radius 1 is 1.26 bits per heavy atom. The highest BCUT2D eigenvalue weighted by Gasteiger charge is 2.58. The van der Waals surface area contributed by atoms with Crippen molar-refractivity contribution in [3.05, 3.63) is 41.4 Å². The minimum absolute atomic E-state index is 0.0609. The van der Waals surface area contributed by atoms with Crippen molar-refractivity contribution in [2.24, 2.45) is 11.1 Å². The molecule has 2 amide bonds. The summed E-state index contributed by atoms with van der Waals surface area (Å²) in [4.78, 5) is 51.5. The van der Waals surface area contributed by atoms with E-state index in [0.717, 1.165) is 42.2 Å². The number of amides is 2. The predicted molar refractivity (Wildman–Crippen MR) is 163 cm³/mol. The molecule has 0 aliphatic carbocycles. The van der Waals surface area contributed by atoms with Crippen LogP contribution < -0.4 is 26.4 Å². The third-order valence-corrected chi connectivity index (χ3v) is 8.16. The largest absolute Gasteiger partial charge is 0.489 e. The first-order valence-corrected chi connectivity index (χ1v) is 15.9. The van der Waals surface area contributed by atoms with Gasteiger partial charge in [-0.3, -0.25) is 14.1 Å². The molecule has 2 aromatic heterocycles. The maximum absolute atomic E-state index is 13.2. The number of hydrogen-bond donors (Lipinski definition) is 6. The number of anilines is 2. The summed E-state index contributed by atoms with van der Waals surface area (Å²) in [5, 5.41) is 24.9. The number of fused-ring (bicyclic) bond motifs is 1. The molecule has 2 aliphatic heterocycles. The summed E-state index contributed by atoms with van der Waals surface area (Å²) in [6.45, 7) is 4.98. The molecule has 2 fully saturated rings. The summed E-state index contributed by atoms with van der Waals surface area (Å²) >= 11 is 0.961. The summed E-state index contributed by atoms with van der Waals surface area (Å²) in [5.41, 5.74) is 4.37. The number of carbonyl (C=O) groups excluding carboxylic acids is 2. The molecule has 1 aromatic carbocycles. The maximum atomic E-state index is 13.2. The van der Waals surface area contributed by atoms with Gasteiger partial charge in [0.25, 0.3) is 17.9 Å². The number of aromatic nitrogens is 2. The Morgan fingerprint density at radius 2 is 2.02 bits per heavy atom. The molecule has 46 heavy (non-hydrogen) atoms. The Balaban J connectivity index is 1.26. The van der Waals surface area contributed by atoms with E-state index in [1.165, 1.54) is 19.2 Å². The molecule has 7 N–H and O–H groups in total. The van der Waals surface area contributed by atoms with Gasteiger partial charge >= 0.3 is 16.4 Å². The number of carbonyl (C=O) groups is 3. The number of hydrogen-bond acceptors (Lipinski definition) is 15. The molecule has 246 valence electrons. The quantitative estimate of drug-likeness (QED) is 0.0567. The van der Waals surface area contributed by atoms with Crippen molar-refractivity contribution in [1.29, 1.82) is 0 Å². The van der Waals surface area contributed by atoms with Crippen LogP contribution in [0.25, 0.3) is 10.9 Å². The van der Waals surface area contributed by atoms with Crippen LogP contribution in [0.2, 0.25) is 0 Å². The van der Waals surface area contributed by atoms with E-state index in [1.807, 2.05) is 12.1 Å². The van der Waals surface area contributed by atoms with Crippen LogP contribution in [0.3, 0.4) is 0 Å². The maximum Gasteiger partial charge on any atom is 0.418 e. The van der Waals surface area contributed by atoms with Crippen LogP contribution in [-0.4, -0.2) is 101 Å². The molecule has 2 aliphatic rings. The second-order valence-electron chi connectivity index (χ2n) is 10.9. The normalized spacial score (nSPS) is 18.8. The van der Waals surface area contributed by atoms with E-state index in [2.05, 4.69) is 35.4 Å². The number of β-lactam (4-membered cyclic amide) rings is 1. The SMILES string of the molecule is CC1(C)[C@H](NC(=O)/C(=N\O[C@@H](COc2ccc3nc(NCC4CNC4)ccc3c2)C(=O)O)c2csc(N)n2)C(=O)N1OS(=O)(=O)O. The lowest BCUT2D eigenvalue weighted by molar-refractivity contribution is -0.218. The summed E-state index contributed by atoms with van der Waals surface area (Å²) in [5.74, 6) is -1.83. The number of carboxylic acids is 1. The summed E-state index contributed by atoms with van der Waals surface area (Å²) in [6, 6.07) is 7.42. The number of nitrogen functional groups attached to an aromatic ring is 1. The van der Waals surface area contributed by atoms with Gasteiger partial charge in [0.05, 0.1) is 11.1 Å². The molecule has 18 nitrogen and oxygen atoms in total. The number of carboxylic acid groups (broad SMARTS) is 1. The number of benzene rings is 1. The fourth-order valence-corrected chi connectivity index (χ4v) is 5.49. The molecule has 2 saturated heterocycles. The number of nitrogens with zero attached hydrogens (tertiary/aromatic N) is 4. The number of rotatable bonds is 14. The summed E-state index contributed by atoms with van der Waals surface area (Å²) in [7, 11) is -5.01. The summed E-state index contributed by atoms with van der Waals surface area (Å²) < 4.78 is 41.1. The van der Waals surface area contributed by atoms with Gasteiger partial charge in [-0.15, -0.1) is 15.6 Å². The van der Waals surface area contributed by atoms with Crippen molar-refractivity contribution in [3.63, 3.8) is 0 Å². The molecular formula is C26H30N8O10S2. The van der Waals surface area contributed by atoms with Crippen molar-refractivity contribution in [2.45, 2.75) is 31.5 Å². The van der Waals surface area contributed by atoms with Gasteiger partial charge in [-0.1, -0.05) is 5.16 Å². The van der Waals surface area contributed by atoms with Crippen LogP contribution in [0, 0.1) is 5.92 Å². The van der Waals surface area contributed by atoms with E-state index in [4.69, 9.17) is 19.9 Å². The van der Waals surface area contributed by atoms with Crippen molar-refractivity contribution in [1.82, 2.24) is 25.7 Å². The average molecular weight is 679 g/mol. The molecule has 0 unspecified atom stereocenters. The third-order valence-electron chi connectivity index (χ3n) is 7.15. The molecule has 0 radical (unpaired) electrons. The zero-order valence-electron chi connectivity index (χ0n) is 24.4. The fraction of sp³-hybridized carbons (Fsp3) is 0.385. The van der Waals surface area contributed by atoms with Crippen LogP contribution in [0.15, 0.2) is 40.9 Å². The molecule has 0 saturated carbocycles. The number of nitrogens with one attached hydrogen (secondary N) is 3. The van der Waals surface area contributed by atoms with Gasteiger partial charge in [0.2, 0.25) is 0 Å². The zero-order chi connectivity index (χ0) is 33.2. The van der Waals surface area contributed by atoms with E-state index < -0.39 is 58.2 Å². The lowest BCUT2D eigenvalue weighted by Crippen LogP contribution is -2.76. The van der Waals surface area contributed by atoms with Gasteiger partial charge in [-0.25, -0.2) is 14.8 Å². The highest BCUT2D eigenvalue weighted by Crippen LogP contribution is 2.33. The van der Waals surface area contributed by atoms with Gasteiger partial charge in [-0.05, 0) is 44.2 Å². The first-order chi connectivity index (χ1) is 21.7. The smallest absolute Gasteiger partial charge is 0.418 e. The second-order valence-corrected chi connectivity index (χ2v) is 12.8. The van der Waals surface area contributed by atoms with E-state index in [-0.39, 0.29) is 10.8 Å². The lowest BCUT2D eigenvalue weighted by atomic mass is 9.84. The van der Waals surface area contributed by atoms with Gasteiger partial charge in [0.1, 0.15) is 29.9 Å². The van der Waals surface area contributed by atoms with E-state index >= 15 is 0 Å². The Labute approximate surface area is 265 Å². The van der Waals surface area contributed by atoms with Gasteiger partial charge in [0.15, 0.2) is 10.8 Å². The molecule has 20 heteroatoms. The molecule has 2 atom stereocenters. The monoisotopic (exact) mass is 678 g/mol. The Hall–Kier alpha value is -4.63. The van der Waals surface area contributed by atoms with Gasteiger partial charge < -0.3 is 36.4 Å². The van der Waals surface area contributed by atoms with Crippen LogP contribution in [0.1, 0.15) is 19.5 Å². The zero-order valence-corrected chi connectivity index (χ0v) is 26.0. The topological polar surface area (TPSA) is 257 Å². The first-order valence-electron chi connectivity index (χ1n) is 13.7. The Morgan fingerprint density at radius 3 is 2.63 bits per heavy atom. The minimum atomic E-state index is -5.01. The molecule has 4 heterocycles. The fourth-order valence-electron chi connectivity index (χ4n) is 4.49. The van der Waals surface area contributed by atoms with E-state index in [1.54, 1.807) is 18.2 Å². The van der Waals surface area contributed by atoms with Crippen LogP contribution in [-0.2, 0) is 33.9 Å². The van der Waals surface area contributed by atoms with Crippen molar-refractivity contribution < 1.29 is 46.3 Å². The number of pyridine rings is 1. The van der Waals surface area contributed by atoms with Gasteiger partial charge in [-0.2, -0.15) is 13.5 Å². The number of hydroxylamine groups is 2. The molecule has 0 spiro atoms. The number of thiazole rings is 1. The molecule has 0 bridgehead atoms. The Bertz CT molecular complexity index is 1790. The molecular weight excluding hydrogens is 648 g/mol. The van der Waals surface area contributed by atoms with Crippen molar-refractivity contribution >= 4 is 67.1 Å². The number of ether oxygens (including phenoxy) is 1. The average Bonchev–Trinajstić information content (AvgIpc) is 3.40. The third kappa shape index (κ3) is 7.42. The highest BCUT2D eigenvalue weighted by molar-refractivity contribution is 7.80. The highest BCUT2D eigenvalue weighted by atomic mass is 32.3. The predicted octanol–water partition coefficient (Wildman–Crippen LogP) is -0.00230. The van der Waals surface area contributed by atoms with E-state index in [0.29, 0.717) is 22.2 Å². The standard InChI is InChI=1S/C26H30N8O10S2/c1-26(2)21(23(36)34(26)44-46(39,40)41)32-22(35)20(17-12-45-25(27)31-17)33-43-18(24(37)38)11-42-15-4-5-16-14(7-15)3-6-19(30-16)29-10-13-8-28-9-13/h3-7,12-13,18,21,28H,8-11H2,1-2H3,(H2,27,31)(H,29,30)(H,32,35)(H,37,38)(H,39,40,41)/b33-20-/t18-,21+/m0/s1. The molecule has 5 rings (SSSR count). The minimum Gasteiger partial charge on any atom is -0.489 e. The first kappa shape index (κ1) is 32.8. The van der Waals surface area contributed by atoms with Crippen LogP contribution >= 0.6 is 11.3 Å². The number of aliphatic carboxylic acids is 1. The number of oxime groups is 1. The molecule has 3 aromatic rings. The van der Waals surface area contributed by atoms with Crippen LogP contribution in [0.5, 0.6) is 5.75 Å². The van der Waals surface area contributed by atoms with Crippen LogP contribution in [0.4, 0.5) is 10.9 Å². The van der Waals surface area contributed by atoms with Crippen molar-refractivity contribution in [2.75, 3.05) is 37.3 Å². The second kappa shape index (κ2) is 13.0. The number of nitrogens with two attached hydrogens (primary N) is 1.